The van der Waals surface area contributed by atoms with Crippen LogP contribution >= 0.6 is 11.8 Å². The monoisotopic (exact) mass is 251 g/mol. The number of thioether (sulfide) groups is 1. The molecule has 0 aromatic carbocycles. The molecule has 0 fully saturated rings. The second kappa shape index (κ2) is 4.73. The number of methoxy groups -OCH3 is 1. The van der Waals surface area contributed by atoms with Crippen LogP contribution in [-0.4, -0.2) is 24.3 Å². The number of hydrogen-bond acceptors (Lipinski definition) is 4. The molecule has 88 valence electrons. The Hall–Kier alpha value is -1.24. The quantitative estimate of drug-likeness (QED) is 0.598. The van der Waals surface area contributed by atoms with Crippen LogP contribution in [0.5, 0.6) is 0 Å². The summed E-state index contributed by atoms with van der Waals surface area (Å²) < 4.78 is 42.1. The SMILES string of the molecule is COC(=O)c1cnc(SC)cc1C(F)(F)F. The van der Waals surface area contributed by atoms with Gasteiger partial charge in [0, 0.05) is 6.20 Å². The minimum absolute atomic E-state index is 0.194. The van der Waals surface area contributed by atoms with Gasteiger partial charge in [0.2, 0.25) is 0 Å². The molecule has 0 saturated carbocycles. The average Bonchev–Trinajstić information content (AvgIpc) is 2.26. The van der Waals surface area contributed by atoms with Gasteiger partial charge in [-0.25, -0.2) is 9.78 Å². The van der Waals surface area contributed by atoms with E-state index >= 15 is 0 Å². The highest BCUT2D eigenvalue weighted by atomic mass is 32.2. The molecule has 1 heterocycles. The van der Waals surface area contributed by atoms with Gasteiger partial charge in [-0.05, 0) is 12.3 Å². The van der Waals surface area contributed by atoms with E-state index in [1.54, 1.807) is 6.26 Å². The van der Waals surface area contributed by atoms with Gasteiger partial charge >= 0.3 is 12.1 Å². The number of halogens is 3. The zero-order chi connectivity index (χ0) is 12.3. The summed E-state index contributed by atoms with van der Waals surface area (Å²) in [4.78, 5) is 14.8. The fourth-order valence-corrected chi connectivity index (χ4v) is 1.45. The summed E-state index contributed by atoms with van der Waals surface area (Å²) in [5.41, 5.74) is -1.61. The molecule has 0 aliphatic carbocycles. The van der Waals surface area contributed by atoms with Gasteiger partial charge in [-0.3, -0.25) is 0 Å². The lowest BCUT2D eigenvalue weighted by Crippen LogP contribution is -2.15. The lowest BCUT2D eigenvalue weighted by molar-refractivity contribution is -0.138. The lowest BCUT2D eigenvalue weighted by atomic mass is 10.1. The highest BCUT2D eigenvalue weighted by Gasteiger charge is 2.36. The Balaban J connectivity index is 3.33. The van der Waals surface area contributed by atoms with E-state index in [1.807, 2.05) is 0 Å². The maximum absolute atomic E-state index is 12.6. The van der Waals surface area contributed by atoms with Crippen LogP contribution in [-0.2, 0) is 10.9 Å². The zero-order valence-electron chi connectivity index (χ0n) is 8.46. The van der Waals surface area contributed by atoms with Gasteiger partial charge in [-0.1, -0.05) is 0 Å². The largest absolute Gasteiger partial charge is 0.465 e. The number of carbonyl (C=O) groups excluding carboxylic acids is 1. The molecule has 1 rings (SSSR count). The predicted octanol–water partition coefficient (Wildman–Crippen LogP) is 2.61. The molecular weight excluding hydrogens is 243 g/mol. The first-order valence-corrected chi connectivity index (χ1v) is 5.32. The summed E-state index contributed by atoms with van der Waals surface area (Å²) in [6.45, 7) is 0. The van der Waals surface area contributed by atoms with Crippen molar-refractivity contribution in [2.75, 3.05) is 13.4 Å². The van der Waals surface area contributed by atoms with Crippen molar-refractivity contribution in [1.82, 2.24) is 4.98 Å². The van der Waals surface area contributed by atoms with Crippen LogP contribution in [0, 0.1) is 0 Å². The van der Waals surface area contributed by atoms with Crippen molar-refractivity contribution in [2.45, 2.75) is 11.2 Å². The van der Waals surface area contributed by atoms with Gasteiger partial charge in [0.05, 0.1) is 23.3 Å². The third-order valence-electron chi connectivity index (χ3n) is 1.80. The molecule has 7 heteroatoms. The van der Waals surface area contributed by atoms with E-state index in [1.165, 1.54) is 0 Å². The molecule has 0 radical (unpaired) electrons. The van der Waals surface area contributed by atoms with Crippen LogP contribution in [0.1, 0.15) is 15.9 Å². The Bertz CT molecular complexity index is 406. The topological polar surface area (TPSA) is 39.2 Å². The summed E-state index contributed by atoms with van der Waals surface area (Å²) in [6.07, 6.45) is -2.13. The van der Waals surface area contributed by atoms with E-state index in [-0.39, 0.29) is 5.03 Å². The Labute approximate surface area is 94.0 Å². The summed E-state index contributed by atoms with van der Waals surface area (Å²) in [6, 6.07) is 0.830. The number of nitrogens with zero attached hydrogens (tertiary/aromatic N) is 1. The van der Waals surface area contributed by atoms with Gasteiger partial charge < -0.3 is 4.74 Å². The van der Waals surface area contributed by atoms with E-state index in [4.69, 9.17) is 0 Å². The van der Waals surface area contributed by atoms with Gasteiger partial charge in [0.15, 0.2) is 0 Å². The Morgan fingerprint density at radius 2 is 2.12 bits per heavy atom. The highest BCUT2D eigenvalue weighted by molar-refractivity contribution is 7.98. The summed E-state index contributed by atoms with van der Waals surface area (Å²) in [5, 5.41) is 0.194. The number of rotatable bonds is 2. The Morgan fingerprint density at radius 1 is 1.50 bits per heavy atom. The van der Waals surface area contributed by atoms with Gasteiger partial charge in [0.25, 0.3) is 0 Å². The normalized spacial score (nSPS) is 11.3. The molecule has 0 unspecified atom stereocenters. The van der Waals surface area contributed by atoms with E-state index in [2.05, 4.69) is 9.72 Å². The van der Waals surface area contributed by atoms with E-state index in [0.717, 1.165) is 31.1 Å². The highest BCUT2D eigenvalue weighted by Crippen LogP contribution is 2.33. The van der Waals surface area contributed by atoms with E-state index < -0.39 is 23.3 Å². The van der Waals surface area contributed by atoms with Crippen molar-refractivity contribution in [3.05, 3.63) is 23.4 Å². The Kier molecular flexibility index (Phi) is 3.79. The van der Waals surface area contributed by atoms with Gasteiger partial charge in [-0.15, -0.1) is 11.8 Å². The van der Waals surface area contributed by atoms with Crippen molar-refractivity contribution >= 4 is 17.7 Å². The minimum Gasteiger partial charge on any atom is -0.465 e. The molecule has 0 bridgehead atoms. The first-order chi connectivity index (χ1) is 7.40. The molecule has 0 aliphatic rings. The summed E-state index contributed by atoms with van der Waals surface area (Å²) >= 11 is 1.06. The molecule has 3 nitrogen and oxygen atoms in total. The molecule has 0 aliphatic heterocycles. The second-order valence-electron chi connectivity index (χ2n) is 2.76. The molecule has 0 N–H and O–H groups in total. The van der Waals surface area contributed by atoms with Crippen LogP contribution in [0.15, 0.2) is 17.3 Å². The van der Waals surface area contributed by atoms with Gasteiger partial charge in [-0.2, -0.15) is 13.2 Å². The third-order valence-corrected chi connectivity index (χ3v) is 2.44. The molecule has 0 amide bonds. The predicted molar refractivity (Wildman–Crippen MR) is 52.4 cm³/mol. The van der Waals surface area contributed by atoms with Crippen molar-refractivity contribution in [3.8, 4) is 0 Å². The fraction of sp³-hybridized carbons (Fsp3) is 0.333. The molecular formula is C9H8F3NO2S. The fourth-order valence-electron chi connectivity index (χ4n) is 1.05. The summed E-state index contributed by atoms with van der Waals surface area (Å²) in [5.74, 6) is -1.05. The first kappa shape index (κ1) is 12.8. The van der Waals surface area contributed by atoms with Crippen molar-refractivity contribution in [2.24, 2.45) is 0 Å². The number of ether oxygens (including phenoxy) is 1. The number of carbonyl (C=O) groups is 1. The number of alkyl halides is 3. The standard InChI is InChI=1S/C9H8F3NO2S/c1-15-8(14)5-4-13-7(16-2)3-6(5)9(10,11)12/h3-4H,1-2H3. The first-order valence-electron chi connectivity index (χ1n) is 4.09. The average molecular weight is 251 g/mol. The number of hydrogen-bond donors (Lipinski definition) is 0. The smallest absolute Gasteiger partial charge is 0.417 e. The van der Waals surface area contributed by atoms with Crippen LogP contribution in [0.25, 0.3) is 0 Å². The van der Waals surface area contributed by atoms with Crippen LogP contribution < -0.4 is 0 Å². The third kappa shape index (κ3) is 2.66. The maximum atomic E-state index is 12.6. The van der Waals surface area contributed by atoms with Gasteiger partial charge in [0.1, 0.15) is 0 Å². The maximum Gasteiger partial charge on any atom is 0.417 e. The zero-order valence-corrected chi connectivity index (χ0v) is 9.28. The molecule has 16 heavy (non-hydrogen) atoms. The van der Waals surface area contributed by atoms with Crippen LogP contribution in [0.3, 0.4) is 0 Å². The van der Waals surface area contributed by atoms with Crippen LogP contribution in [0.2, 0.25) is 0 Å². The molecule has 0 spiro atoms. The molecule has 0 atom stereocenters. The molecule has 1 aromatic rings. The van der Waals surface area contributed by atoms with Crippen molar-refractivity contribution < 1.29 is 22.7 Å². The molecule has 0 saturated heterocycles. The minimum atomic E-state index is -4.60. The number of aromatic nitrogens is 1. The second-order valence-corrected chi connectivity index (χ2v) is 3.59. The van der Waals surface area contributed by atoms with E-state index in [9.17, 15) is 18.0 Å². The van der Waals surface area contributed by atoms with Crippen molar-refractivity contribution in [1.29, 1.82) is 0 Å². The van der Waals surface area contributed by atoms with Crippen molar-refractivity contribution in [3.63, 3.8) is 0 Å². The number of pyridine rings is 1. The molecule has 1 aromatic heterocycles. The lowest BCUT2D eigenvalue weighted by Gasteiger charge is -2.11. The number of esters is 1. The van der Waals surface area contributed by atoms with E-state index in [0.29, 0.717) is 0 Å². The Morgan fingerprint density at radius 3 is 2.56 bits per heavy atom. The summed E-state index contributed by atoms with van der Waals surface area (Å²) in [7, 11) is 1.02. The van der Waals surface area contributed by atoms with Crippen LogP contribution in [0.4, 0.5) is 13.2 Å².